The van der Waals surface area contributed by atoms with Crippen molar-refractivity contribution in [1.29, 1.82) is 0 Å². The van der Waals surface area contributed by atoms with E-state index in [0.717, 1.165) is 0 Å². The van der Waals surface area contributed by atoms with Crippen LogP contribution in [0.25, 0.3) is 0 Å². The molecule has 1 fully saturated rings. The molecular weight excluding hydrogens is 256 g/mol. The lowest BCUT2D eigenvalue weighted by atomic mass is 10.0. The Kier molecular flexibility index (Phi) is 3.75. The van der Waals surface area contributed by atoms with Crippen molar-refractivity contribution in [3.05, 3.63) is 28.8 Å². The van der Waals surface area contributed by atoms with Gasteiger partial charge in [-0.15, -0.1) is 0 Å². The minimum atomic E-state index is -0.965. The number of aliphatic hydroxyl groups is 1. The third-order valence-electron chi connectivity index (χ3n) is 2.92. The Bertz CT molecular complexity index is 459. The third-order valence-corrected chi connectivity index (χ3v) is 3.26. The normalized spacial score (nSPS) is 23.0. The molecule has 1 saturated heterocycles. The number of hydrogen-bond donors (Lipinski definition) is 3. The average molecular weight is 271 g/mol. The summed E-state index contributed by atoms with van der Waals surface area (Å²) >= 11 is 5.77. The first-order valence-electron chi connectivity index (χ1n) is 5.63. The first-order valence-corrected chi connectivity index (χ1v) is 6.01. The molecule has 18 heavy (non-hydrogen) atoms. The number of hydrogen-bond acceptors (Lipinski definition) is 4. The molecule has 1 amide bonds. The van der Waals surface area contributed by atoms with E-state index >= 15 is 0 Å². The molecule has 0 aromatic heterocycles. The molecule has 6 heteroatoms. The standard InChI is InChI=1S/C12H15ClN2O3/c13-9-2-1-8(5-10(9)14)11(16)15-6-12(17)3-4-18-7-12/h1-2,5,17H,3-4,6-7,14H2,(H,15,16). The van der Waals surface area contributed by atoms with E-state index < -0.39 is 5.60 Å². The van der Waals surface area contributed by atoms with Gasteiger partial charge in [-0.1, -0.05) is 11.6 Å². The van der Waals surface area contributed by atoms with Crippen LogP contribution in [-0.4, -0.2) is 36.4 Å². The molecule has 0 spiro atoms. The van der Waals surface area contributed by atoms with Crippen molar-refractivity contribution < 1.29 is 14.6 Å². The topological polar surface area (TPSA) is 84.6 Å². The summed E-state index contributed by atoms with van der Waals surface area (Å²) in [6.45, 7) is 0.921. The molecule has 1 aromatic carbocycles. The number of halogens is 1. The smallest absolute Gasteiger partial charge is 0.251 e. The van der Waals surface area contributed by atoms with Crippen LogP contribution in [0.3, 0.4) is 0 Å². The Balaban J connectivity index is 1.97. The highest BCUT2D eigenvalue weighted by Gasteiger charge is 2.32. The zero-order chi connectivity index (χ0) is 13.2. The maximum absolute atomic E-state index is 11.8. The lowest BCUT2D eigenvalue weighted by Gasteiger charge is -2.20. The minimum Gasteiger partial charge on any atom is -0.398 e. The monoisotopic (exact) mass is 270 g/mol. The number of carbonyl (C=O) groups excluding carboxylic acids is 1. The summed E-state index contributed by atoms with van der Waals surface area (Å²) in [5.41, 5.74) is 5.43. The fourth-order valence-electron chi connectivity index (χ4n) is 1.77. The zero-order valence-corrected chi connectivity index (χ0v) is 10.5. The van der Waals surface area contributed by atoms with E-state index in [-0.39, 0.29) is 19.1 Å². The van der Waals surface area contributed by atoms with Gasteiger partial charge in [0.25, 0.3) is 5.91 Å². The summed E-state index contributed by atoms with van der Waals surface area (Å²) in [5.74, 6) is -0.293. The molecule has 1 aromatic rings. The zero-order valence-electron chi connectivity index (χ0n) is 9.78. The number of amides is 1. The number of anilines is 1. The summed E-state index contributed by atoms with van der Waals surface area (Å²) in [5, 5.41) is 13.1. The highest BCUT2D eigenvalue weighted by atomic mass is 35.5. The van der Waals surface area contributed by atoms with Gasteiger partial charge in [0, 0.05) is 25.1 Å². The van der Waals surface area contributed by atoms with E-state index in [9.17, 15) is 9.90 Å². The number of nitrogens with one attached hydrogen (secondary N) is 1. The van der Waals surface area contributed by atoms with Gasteiger partial charge in [0.05, 0.1) is 17.3 Å². The molecule has 0 aliphatic carbocycles. The van der Waals surface area contributed by atoms with E-state index in [2.05, 4.69) is 5.32 Å². The van der Waals surface area contributed by atoms with Crippen LogP contribution in [0.1, 0.15) is 16.8 Å². The van der Waals surface area contributed by atoms with Crippen LogP contribution in [0.5, 0.6) is 0 Å². The molecule has 0 radical (unpaired) electrons. The molecule has 1 aliphatic rings. The Hall–Kier alpha value is -1.30. The van der Waals surface area contributed by atoms with Gasteiger partial charge in [0.2, 0.25) is 0 Å². The second kappa shape index (κ2) is 5.14. The minimum absolute atomic E-state index is 0.161. The van der Waals surface area contributed by atoms with Crippen molar-refractivity contribution in [1.82, 2.24) is 5.32 Å². The second-order valence-corrected chi connectivity index (χ2v) is 4.85. The van der Waals surface area contributed by atoms with Gasteiger partial charge < -0.3 is 20.9 Å². The van der Waals surface area contributed by atoms with Crippen molar-refractivity contribution in [2.24, 2.45) is 0 Å². The van der Waals surface area contributed by atoms with Gasteiger partial charge in [-0.25, -0.2) is 0 Å². The van der Waals surface area contributed by atoms with Crippen molar-refractivity contribution >= 4 is 23.2 Å². The highest BCUT2D eigenvalue weighted by molar-refractivity contribution is 6.33. The first kappa shape index (κ1) is 13.1. The SMILES string of the molecule is Nc1cc(C(=O)NCC2(O)CCOC2)ccc1Cl. The third kappa shape index (κ3) is 2.93. The second-order valence-electron chi connectivity index (χ2n) is 4.45. The van der Waals surface area contributed by atoms with Crippen molar-refractivity contribution in [3.8, 4) is 0 Å². The lowest BCUT2D eigenvalue weighted by molar-refractivity contribution is 0.0264. The first-order chi connectivity index (χ1) is 8.50. The Labute approximate surface area is 110 Å². The average Bonchev–Trinajstić information content (AvgIpc) is 2.77. The molecule has 2 rings (SSSR count). The van der Waals surface area contributed by atoms with Crippen molar-refractivity contribution in [3.63, 3.8) is 0 Å². The summed E-state index contributed by atoms with van der Waals surface area (Å²) < 4.78 is 5.09. The predicted octanol–water partition coefficient (Wildman–Crippen LogP) is 0.803. The van der Waals surface area contributed by atoms with E-state index in [1.165, 1.54) is 6.07 Å². The molecule has 0 saturated carbocycles. The number of benzene rings is 1. The van der Waals surface area contributed by atoms with E-state index in [4.69, 9.17) is 22.1 Å². The molecule has 1 unspecified atom stereocenters. The number of carbonyl (C=O) groups is 1. The number of rotatable bonds is 3. The molecule has 1 atom stereocenters. The Morgan fingerprint density at radius 3 is 3.00 bits per heavy atom. The van der Waals surface area contributed by atoms with Crippen LogP contribution in [0.2, 0.25) is 5.02 Å². The van der Waals surface area contributed by atoms with Crippen molar-refractivity contribution in [2.75, 3.05) is 25.5 Å². The fraction of sp³-hybridized carbons (Fsp3) is 0.417. The van der Waals surface area contributed by atoms with E-state index in [1.54, 1.807) is 12.1 Å². The van der Waals surface area contributed by atoms with Gasteiger partial charge in [-0.05, 0) is 18.2 Å². The van der Waals surface area contributed by atoms with E-state index in [0.29, 0.717) is 29.3 Å². The van der Waals surface area contributed by atoms with Gasteiger partial charge >= 0.3 is 0 Å². The van der Waals surface area contributed by atoms with Crippen LogP contribution in [0.15, 0.2) is 18.2 Å². The van der Waals surface area contributed by atoms with Crippen LogP contribution in [0.4, 0.5) is 5.69 Å². The predicted molar refractivity (Wildman–Crippen MR) is 68.6 cm³/mol. The Morgan fingerprint density at radius 2 is 2.39 bits per heavy atom. The molecule has 4 N–H and O–H groups in total. The van der Waals surface area contributed by atoms with Crippen LogP contribution in [0, 0.1) is 0 Å². The molecule has 1 aliphatic heterocycles. The lowest BCUT2D eigenvalue weighted by Crippen LogP contribution is -2.43. The summed E-state index contributed by atoms with van der Waals surface area (Å²) in [4.78, 5) is 11.8. The Morgan fingerprint density at radius 1 is 1.61 bits per heavy atom. The largest absolute Gasteiger partial charge is 0.398 e. The summed E-state index contributed by atoms with van der Waals surface area (Å²) in [6.07, 6.45) is 0.524. The molecule has 1 heterocycles. The molecule has 98 valence electrons. The van der Waals surface area contributed by atoms with Gasteiger partial charge in [-0.3, -0.25) is 4.79 Å². The molecule has 5 nitrogen and oxygen atoms in total. The van der Waals surface area contributed by atoms with Gasteiger partial charge in [-0.2, -0.15) is 0 Å². The molecular formula is C12H15ClN2O3. The fourth-order valence-corrected chi connectivity index (χ4v) is 1.89. The van der Waals surface area contributed by atoms with Crippen LogP contribution < -0.4 is 11.1 Å². The summed E-state index contributed by atoms with van der Waals surface area (Å²) in [6, 6.07) is 4.66. The van der Waals surface area contributed by atoms with Crippen LogP contribution in [-0.2, 0) is 4.74 Å². The van der Waals surface area contributed by atoms with Gasteiger partial charge in [0.1, 0.15) is 5.60 Å². The van der Waals surface area contributed by atoms with Crippen molar-refractivity contribution in [2.45, 2.75) is 12.0 Å². The number of nitrogen functional groups attached to an aromatic ring is 1. The quantitative estimate of drug-likeness (QED) is 0.710. The van der Waals surface area contributed by atoms with E-state index in [1.807, 2.05) is 0 Å². The van der Waals surface area contributed by atoms with Crippen LogP contribution >= 0.6 is 11.6 Å². The highest BCUT2D eigenvalue weighted by Crippen LogP contribution is 2.20. The van der Waals surface area contributed by atoms with Gasteiger partial charge in [0.15, 0.2) is 0 Å². The maximum atomic E-state index is 11.8. The summed E-state index contributed by atoms with van der Waals surface area (Å²) in [7, 11) is 0. The number of ether oxygens (including phenoxy) is 1. The number of nitrogens with two attached hydrogens (primary N) is 1. The molecule has 0 bridgehead atoms. The maximum Gasteiger partial charge on any atom is 0.251 e.